The Bertz CT molecular complexity index is 1380. The molecule has 1 amide bonds. The molecule has 0 bridgehead atoms. The van der Waals surface area contributed by atoms with Crippen molar-refractivity contribution in [1.29, 1.82) is 0 Å². The standard InChI is InChI=1S/C32H33ClN4OS/c1-36(22-26-11-6-3-7-12-26)30-21-29(33)34-32(35-30)39-23-27-13-8-14-28(20-27)31(38)37-17-15-25(16-18-37)19-24-9-4-2-5-10-24/h2-14,20-21,25H,15-19,22-23H2,1H3. The van der Waals surface area contributed by atoms with Crippen LogP contribution in [0.4, 0.5) is 5.82 Å². The van der Waals surface area contributed by atoms with Crippen molar-refractivity contribution in [2.75, 3.05) is 25.0 Å². The fourth-order valence-electron chi connectivity index (χ4n) is 5.00. The smallest absolute Gasteiger partial charge is 0.253 e. The summed E-state index contributed by atoms with van der Waals surface area (Å²) in [6.45, 7) is 2.35. The van der Waals surface area contributed by atoms with E-state index in [0.29, 0.717) is 22.0 Å². The van der Waals surface area contributed by atoms with E-state index >= 15 is 0 Å². The fraction of sp³-hybridized carbons (Fsp3) is 0.281. The number of amides is 1. The van der Waals surface area contributed by atoms with E-state index in [-0.39, 0.29) is 5.91 Å². The van der Waals surface area contributed by atoms with Crippen molar-refractivity contribution in [1.82, 2.24) is 14.9 Å². The van der Waals surface area contributed by atoms with Gasteiger partial charge in [0, 0.05) is 44.1 Å². The summed E-state index contributed by atoms with van der Waals surface area (Å²) in [6.07, 6.45) is 3.18. The first-order valence-electron chi connectivity index (χ1n) is 13.4. The lowest BCUT2D eigenvalue weighted by molar-refractivity contribution is 0.0690. The Morgan fingerprint density at radius 3 is 2.28 bits per heavy atom. The molecule has 1 fully saturated rings. The van der Waals surface area contributed by atoms with Crippen molar-refractivity contribution in [2.24, 2.45) is 5.92 Å². The highest BCUT2D eigenvalue weighted by atomic mass is 35.5. The van der Waals surface area contributed by atoms with E-state index in [2.05, 4.69) is 52.3 Å². The molecule has 1 aliphatic heterocycles. The number of carbonyl (C=O) groups excluding carboxylic acids is 1. The van der Waals surface area contributed by atoms with Gasteiger partial charge >= 0.3 is 0 Å². The molecule has 0 unspecified atom stereocenters. The lowest BCUT2D eigenvalue weighted by Crippen LogP contribution is -2.38. The normalized spacial score (nSPS) is 13.8. The van der Waals surface area contributed by atoms with Crippen LogP contribution in [0.5, 0.6) is 0 Å². The molecule has 5 nitrogen and oxygen atoms in total. The van der Waals surface area contributed by atoms with Gasteiger partial charge in [0.1, 0.15) is 11.0 Å². The minimum atomic E-state index is 0.115. The van der Waals surface area contributed by atoms with Crippen molar-refractivity contribution in [2.45, 2.75) is 36.7 Å². The van der Waals surface area contributed by atoms with E-state index in [1.807, 2.05) is 54.4 Å². The lowest BCUT2D eigenvalue weighted by atomic mass is 9.90. The molecule has 2 heterocycles. The van der Waals surface area contributed by atoms with Crippen molar-refractivity contribution in [3.8, 4) is 0 Å². The third-order valence-corrected chi connectivity index (χ3v) is 8.24. The van der Waals surface area contributed by atoms with Crippen LogP contribution in [0.1, 0.15) is 39.9 Å². The number of aromatic nitrogens is 2. The Hall–Kier alpha value is -3.35. The molecule has 3 aromatic carbocycles. The number of rotatable bonds is 9. The van der Waals surface area contributed by atoms with Crippen molar-refractivity contribution in [3.05, 3.63) is 118 Å². The molecule has 39 heavy (non-hydrogen) atoms. The Kier molecular flexibility index (Phi) is 9.17. The number of nitrogens with zero attached hydrogens (tertiary/aromatic N) is 4. The van der Waals surface area contributed by atoms with Crippen LogP contribution in [0, 0.1) is 5.92 Å². The summed E-state index contributed by atoms with van der Waals surface area (Å²) in [4.78, 5) is 26.5. The maximum absolute atomic E-state index is 13.3. The van der Waals surface area contributed by atoms with Gasteiger partial charge in [-0.05, 0) is 54.0 Å². The zero-order valence-corrected chi connectivity index (χ0v) is 23.7. The van der Waals surface area contributed by atoms with E-state index in [1.165, 1.54) is 22.9 Å². The zero-order chi connectivity index (χ0) is 27.0. The molecule has 0 saturated carbocycles. The fourth-order valence-corrected chi connectivity index (χ4v) is 6.02. The third kappa shape index (κ3) is 7.61. The van der Waals surface area contributed by atoms with Crippen LogP contribution in [-0.2, 0) is 18.7 Å². The minimum absolute atomic E-state index is 0.115. The first-order chi connectivity index (χ1) is 19.0. The lowest BCUT2D eigenvalue weighted by Gasteiger charge is -2.32. The summed E-state index contributed by atoms with van der Waals surface area (Å²) in [5.74, 6) is 2.18. The topological polar surface area (TPSA) is 49.3 Å². The van der Waals surface area contributed by atoms with Crippen molar-refractivity contribution in [3.63, 3.8) is 0 Å². The number of halogens is 1. The summed E-state index contributed by atoms with van der Waals surface area (Å²) in [6, 6.07) is 30.6. The number of anilines is 1. The van der Waals surface area contributed by atoms with Gasteiger partial charge < -0.3 is 9.80 Å². The molecule has 0 N–H and O–H groups in total. The van der Waals surface area contributed by atoms with Crippen LogP contribution in [0.3, 0.4) is 0 Å². The first-order valence-corrected chi connectivity index (χ1v) is 14.7. The van der Waals surface area contributed by atoms with E-state index in [1.54, 1.807) is 6.07 Å². The van der Waals surface area contributed by atoms with Crippen molar-refractivity contribution < 1.29 is 4.79 Å². The molecule has 4 aromatic rings. The van der Waals surface area contributed by atoms with Gasteiger partial charge in [0.05, 0.1) is 0 Å². The molecule has 7 heteroatoms. The van der Waals surface area contributed by atoms with Gasteiger partial charge in [0.2, 0.25) is 0 Å². The maximum atomic E-state index is 13.3. The molecule has 0 atom stereocenters. The molecule has 0 aliphatic carbocycles. The van der Waals surface area contributed by atoms with Crippen LogP contribution in [0.25, 0.3) is 0 Å². The number of piperidine rings is 1. The average molecular weight is 557 g/mol. The van der Waals surface area contributed by atoms with Gasteiger partial charge in [-0.15, -0.1) is 0 Å². The van der Waals surface area contributed by atoms with Gasteiger partial charge in [0.25, 0.3) is 5.91 Å². The van der Waals surface area contributed by atoms with Gasteiger partial charge in [0.15, 0.2) is 5.16 Å². The molecule has 1 aromatic heterocycles. The number of hydrogen-bond donors (Lipinski definition) is 0. The Morgan fingerprint density at radius 2 is 1.56 bits per heavy atom. The maximum Gasteiger partial charge on any atom is 0.253 e. The van der Waals surface area contributed by atoms with Crippen LogP contribution >= 0.6 is 23.4 Å². The van der Waals surface area contributed by atoms with E-state index in [9.17, 15) is 4.79 Å². The summed E-state index contributed by atoms with van der Waals surface area (Å²) < 4.78 is 0. The van der Waals surface area contributed by atoms with Crippen LogP contribution in [-0.4, -0.2) is 40.9 Å². The minimum Gasteiger partial charge on any atom is -0.355 e. The number of hydrogen-bond acceptors (Lipinski definition) is 5. The molecular formula is C32H33ClN4OS. The summed E-state index contributed by atoms with van der Waals surface area (Å²) in [5.41, 5.74) is 4.38. The third-order valence-electron chi connectivity index (χ3n) is 7.13. The highest BCUT2D eigenvalue weighted by molar-refractivity contribution is 7.98. The summed E-state index contributed by atoms with van der Waals surface area (Å²) in [5, 5.41) is 1.04. The van der Waals surface area contributed by atoms with Crippen LogP contribution in [0.15, 0.2) is 96.2 Å². The van der Waals surface area contributed by atoms with Gasteiger partial charge in [-0.1, -0.05) is 96.2 Å². The van der Waals surface area contributed by atoms with E-state index in [0.717, 1.165) is 55.8 Å². The highest BCUT2D eigenvalue weighted by Gasteiger charge is 2.24. The SMILES string of the molecule is CN(Cc1ccccc1)c1cc(Cl)nc(SCc2cccc(C(=O)N3CCC(Cc4ccccc4)CC3)c2)n1. The number of benzene rings is 3. The van der Waals surface area contributed by atoms with Gasteiger partial charge in [-0.2, -0.15) is 0 Å². The van der Waals surface area contributed by atoms with Crippen molar-refractivity contribution >= 4 is 35.1 Å². The predicted molar refractivity (Wildman–Crippen MR) is 160 cm³/mol. The molecular weight excluding hydrogens is 524 g/mol. The second-order valence-corrected chi connectivity index (χ2v) is 11.4. The quantitative estimate of drug-likeness (QED) is 0.124. The molecule has 5 rings (SSSR count). The largest absolute Gasteiger partial charge is 0.355 e. The van der Waals surface area contributed by atoms with Crippen LogP contribution in [0.2, 0.25) is 5.15 Å². The number of thioether (sulfide) groups is 1. The zero-order valence-electron chi connectivity index (χ0n) is 22.2. The summed E-state index contributed by atoms with van der Waals surface area (Å²) in [7, 11) is 2.00. The molecule has 0 spiro atoms. The molecule has 1 aliphatic rings. The monoisotopic (exact) mass is 556 g/mol. The van der Waals surface area contributed by atoms with Gasteiger partial charge in [-0.25, -0.2) is 9.97 Å². The summed E-state index contributed by atoms with van der Waals surface area (Å²) >= 11 is 7.87. The first kappa shape index (κ1) is 27.2. The Balaban J connectivity index is 1.17. The second-order valence-electron chi connectivity index (χ2n) is 10.1. The van der Waals surface area contributed by atoms with Crippen LogP contribution < -0.4 is 4.90 Å². The highest BCUT2D eigenvalue weighted by Crippen LogP contribution is 2.27. The van der Waals surface area contributed by atoms with E-state index in [4.69, 9.17) is 16.6 Å². The van der Waals surface area contributed by atoms with Gasteiger partial charge in [-0.3, -0.25) is 4.79 Å². The Labute approximate surface area is 240 Å². The number of carbonyl (C=O) groups is 1. The predicted octanol–water partition coefficient (Wildman–Crippen LogP) is 7.15. The molecule has 200 valence electrons. The molecule has 1 saturated heterocycles. The van der Waals surface area contributed by atoms with E-state index < -0.39 is 0 Å². The number of likely N-dealkylation sites (tertiary alicyclic amines) is 1. The average Bonchev–Trinajstić information content (AvgIpc) is 2.97. The second kappa shape index (κ2) is 13.1. The Morgan fingerprint density at radius 1 is 0.897 bits per heavy atom. The molecule has 0 radical (unpaired) electrons.